The SMILES string of the molecule is CSc1cccc(F)c1CN1CCNCC1. The van der Waals surface area contributed by atoms with Crippen molar-refractivity contribution in [2.24, 2.45) is 0 Å². The van der Waals surface area contributed by atoms with Crippen LogP contribution < -0.4 is 5.32 Å². The van der Waals surface area contributed by atoms with Crippen LogP contribution in [0.2, 0.25) is 0 Å². The van der Waals surface area contributed by atoms with Crippen LogP contribution in [0.4, 0.5) is 4.39 Å². The maximum absolute atomic E-state index is 13.7. The Bertz CT molecular complexity index is 351. The molecule has 1 aliphatic rings. The van der Waals surface area contributed by atoms with Crippen LogP contribution in [0.25, 0.3) is 0 Å². The average molecular weight is 240 g/mol. The molecule has 2 rings (SSSR count). The van der Waals surface area contributed by atoms with Gasteiger partial charge in [0.05, 0.1) is 0 Å². The first-order valence-corrected chi connectivity index (χ1v) is 6.78. The zero-order chi connectivity index (χ0) is 11.4. The minimum atomic E-state index is -0.0783. The molecule has 1 N–H and O–H groups in total. The van der Waals surface area contributed by atoms with Gasteiger partial charge in [0.2, 0.25) is 0 Å². The normalized spacial score (nSPS) is 17.6. The van der Waals surface area contributed by atoms with Crippen molar-refractivity contribution < 1.29 is 4.39 Å². The molecule has 16 heavy (non-hydrogen) atoms. The Hall–Kier alpha value is -0.580. The van der Waals surface area contributed by atoms with Crippen LogP contribution in [0.15, 0.2) is 23.1 Å². The Morgan fingerprint density at radius 2 is 2.12 bits per heavy atom. The van der Waals surface area contributed by atoms with E-state index in [-0.39, 0.29) is 5.82 Å². The van der Waals surface area contributed by atoms with Crippen molar-refractivity contribution in [1.29, 1.82) is 0 Å². The second-order valence-electron chi connectivity index (χ2n) is 3.95. The fourth-order valence-electron chi connectivity index (χ4n) is 1.98. The molecule has 1 aromatic rings. The highest BCUT2D eigenvalue weighted by Crippen LogP contribution is 2.24. The minimum absolute atomic E-state index is 0.0783. The lowest BCUT2D eigenvalue weighted by molar-refractivity contribution is 0.228. The summed E-state index contributed by atoms with van der Waals surface area (Å²) in [5, 5.41) is 3.30. The summed E-state index contributed by atoms with van der Waals surface area (Å²) < 4.78 is 13.7. The molecule has 1 heterocycles. The van der Waals surface area contributed by atoms with E-state index in [2.05, 4.69) is 10.2 Å². The Labute approximate surface area is 100 Å². The lowest BCUT2D eigenvalue weighted by Gasteiger charge is -2.27. The van der Waals surface area contributed by atoms with Gasteiger partial charge in [-0.1, -0.05) is 6.07 Å². The van der Waals surface area contributed by atoms with E-state index in [1.165, 1.54) is 0 Å². The molecule has 4 heteroatoms. The minimum Gasteiger partial charge on any atom is -0.314 e. The monoisotopic (exact) mass is 240 g/mol. The van der Waals surface area contributed by atoms with E-state index in [0.717, 1.165) is 43.2 Å². The Balaban J connectivity index is 2.12. The summed E-state index contributed by atoms with van der Waals surface area (Å²) in [6, 6.07) is 5.32. The fraction of sp³-hybridized carbons (Fsp3) is 0.500. The molecule has 1 fully saturated rings. The van der Waals surface area contributed by atoms with Crippen LogP contribution in [0.1, 0.15) is 5.56 Å². The average Bonchev–Trinajstić information content (AvgIpc) is 2.33. The van der Waals surface area contributed by atoms with Crippen LogP contribution >= 0.6 is 11.8 Å². The zero-order valence-electron chi connectivity index (χ0n) is 9.50. The van der Waals surface area contributed by atoms with E-state index in [4.69, 9.17) is 0 Å². The highest BCUT2D eigenvalue weighted by Gasteiger charge is 2.14. The third-order valence-electron chi connectivity index (χ3n) is 2.89. The summed E-state index contributed by atoms with van der Waals surface area (Å²) in [7, 11) is 0. The van der Waals surface area contributed by atoms with Gasteiger partial charge < -0.3 is 5.32 Å². The maximum Gasteiger partial charge on any atom is 0.128 e. The molecular formula is C12H17FN2S. The molecule has 2 nitrogen and oxygen atoms in total. The Morgan fingerprint density at radius 3 is 2.81 bits per heavy atom. The second kappa shape index (κ2) is 5.66. The Morgan fingerprint density at radius 1 is 1.38 bits per heavy atom. The number of hydrogen-bond acceptors (Lipinski definition) is 3. The summed E-state index contributed by atoms with van der Waals surface area (Å²) in [5.74, 6) is -0.0783. The van der Waals surface area contributed by atoms with Gasteiger partial charge in [0.1, 0.15) is 5.82 Å². The Kier molecular flexibility index (Phi) is 4.21. The van der Waals surface area contributed by atoms with E-state index in [9.17, 15) is 4.39 Å². The molecule has 0 atom stereocenters. The highest BCUT2D eigenvalue weighted by atomic mass is 32.2. The third-order valence-corrected chi connectivity index (χ3v) is 3.71. The molecule has 0 aliphatic carbocycles. The van der Waals surface area contributed by atoms with Gasteiger partial charge in [0.15, 0.2) is 0 Å². The summed E-state index contributed by atoms with van der Waals surface area (Å²) in [6.45, 7) is 4.74. The lowest BCUT2D eigenvalue weighted by atomic mass is 10.2. The number of halogens is 1. The molecule has 0 unspecified atom stereocenters. The van der Waals surface area contributed by atoms with Crippen LogP contribution in [-0.2, 0) is 6.54 Å². The second-order valence-corrected chi connectivity index (χ2v) is 4.79. The molecular weight excluding hydrogens is 223 g/mol. The van der Waals surface area contributed by atoms with Crippen molar-refractivity contribution in [2.75, 3.05) is 32.4 Å². The number of nitrogens with one attached hydrogen (secondary N) is 1. The summed E-state index contributed by atoms with van der Waals surface area (Å²) in [5.41, 5.74) is 0.844. The van der Waals surface area contributed by atoms with Gasteiger partial charge in [-0.2, -0.15) is 0 Å². The van der Waals surface area contributed by atoms with Gasteiger partial charge in [-0.15, -0.1) is 11.8 Å². The molecule has 0 radical (unpaired) electrons. The number of nitrogens with zero attached hydrogens (tertiary/aromatic N) is 1. The van der Waals surface area contributed by atoms with Crippen molar-refractivity contribution in [3.05, 3.63) is 29.6 Å². The number of piperazine rings is 1. The number of benzene rings is 1. The molecule has 88 valence electrons. The van der Waals surface area contributed by atoms with Crippen molar-refractivity contribution in [2.45, 2.75) is 11.4 Å². The van der Waals surface area contributed by atoms with Gasteiger partial charge in [-0.25, -0.2) is 4.39 Å². The zero-order valence-corrected chi connectivity index (χ0v) is 10.3. The number of rotatable bonds is 3. The van der Waals surface area contributed by atoms with Crippen molar-refractivity contribution in [3.63, 3.8) is 0 Å². The first-order valence-electron chi connectivity index (χ1n) is 5.55. The van der Waals surface area contributed by atoms with Gasteiger partial charge in [0, 0.05) is 43.2 Å². The predicted molar refractivity (Wildman–Crippen MR) is 66.3 cm³/mol. The lowest BCUT2D eigenvalue weighted by Crippen LogP contribution is -2.43. The quantitative estimate of drug-likeness (QED) is 0.813. The molecule has 0 saturated carbocycles. The first kappa shape index (κ1) is 11.9. The molecule has 1 aliphatic heterocycles. The van der Waals surface area contributed by atoms with Crippen LogP contribution in [0.3, 0.4) is 0 Å². The molecule has 0 aromatic heterocycles. The van der Waals surface area contributed by atoms with Gasteiger partial charge in [-0.3, -0.25) is 4.90 Å². The van der Waals surface area contributed by atoms with E-state index in [0.29, 0.717) is 0 Å². The van der Waals surface area contributed by atoms with E-state index >= 15 is 0 Å². The van der Waals surface area contributed by atoms with E-state index in [1.54, 1.807) is 23.9 Å². The summed E-state index contributed by atoms with van der Waals surface area (Å²) >= 11 is 1.62. The predicted octanol–water partition coefficient (Wildman–Crippen LogP) is 1.95. The largest absolute Gasteiger partial charge is 0.314 e. The molecule has 0 bridgehead atoms. The third kappa shape index (κ3) is 2.75. The first-order chi connectivity index (χ1) is 7.81. The molecule has 1 aromatic carbocycles. The van der Waals surface area contributed by atoms with E-state index in [1.807, 2.05) is 12.3 Å². The summed E-state index contributed by atoms with van der Waals surface area (Å²) in [6.07, 6.45) is 2.00. The number of hydrogen-bond donors (Lipinski definition) is 1. The van der Waals surface area contributed by atoms with Crippen molar-refractivity contribution in [3.8, 4) is 0 Å². The fourth-order valence-corrected chi connectivity index (χ4v) is 2.60. The molecule has 0 spiro atoms. The van der Waals surface area contributed by atoms with E-state index < -0.39 is 0 Å². The van der Waals surface area contributed by atoms with Crippen LogP contribution in [0, 0.1) is 5.82 Å². The topological polar surface area (TPSA) is 15.3 Å². The van der Waals surface area contributed by atoms with Crippen molar-refractivity contribution in [1.82, 2.24) is 10.2 Å². The standard InChI is InChI=1S/C12H17FN2S/c1-16-12-4-2-3-11(13)10(12)9-15-7-5-14-6-8-15/h2-4,14H,5-9H2,1H3. The van der Waals surface area contributed by atoms with Crippen LogP contribution in [0.5, 0.6) is 0 Å². The van der Waals surface area contributed by atoms with Gasteiger partial charge in [-0.05, 0) is 18.4 Å². The van der Waals surface area contributed by atoms with Crippen LogP contribution in [-0.4, -0.2) is 37.3 Å². The maximum atomic E-state index is 13.7. The molecule has 0 amide bonds. The van der Waals surface area contributed by atoms with Crippen molar-refractivity contribution >= 4 is 11.8 Å². The smallest absolute Gasteiger partial charge is 0.128 e. The number of thioether (sulfide) groups is 1. The highest BCUT2D eigenvalue weighted by molar-refractivity contribution is 7.98. The van der Waals surface area contributed by atoms with Gasteiger partial charge >= 0.3 is 0 Å². The van der Waals surface area contributed by atoms with Gasteiger partial charge in [0.25, 0.3) is 0 Å². The molecule has 1 saturated heterocycles. The summed E-state index contributed by atoms with van der Waals surface area (Å²) in [4.78, 5) is 3.35.